The van der Waals surface area contributed by atoms with Crippen LogP contribution in [0.3, 0.4) is 0 Å². The van der Waals surface area contributed by atoms with Gasteiger partial charge in [0.2, 0.25) is 5.75 Å². The molecule has 170 valence electrons. The van der Waals surface area contributed by atoms with Crippen molar-refractivity contribution in [1.29, 1.82) is 0 Å². The Morgan fingerprint density at radius 3 is 2.47 bits per heavy atom. The Kier molecular flexibility index (Phi) is 6.00. The topological polar surface area (TPSA) is 83.1 Å². The van der Waals surface area contributed by atoms with Crippen molar-refractivity contribution in [3.8, 4) is 28.4 Å². The quantitative estimate of drug-likeness (QED) is 0.596. The monoisotopic (exact) mass is 439 g/mol. The highest BCUT2D eigenvalue weighted by molar-refractivity contribution is 5.99. The maximum Gasteiger partial charge on any atom is 0.315 e. The fourth-order valence-electron chi connectivity index (χ4n) is 3.83. The number of fused-ring (bicyclic) bond motifs is 1. The van der Waals surface area contributed by atoms with E-state index in [0.717, 1.165) is 29.5 Å². The third-order valence-electron chi connectivity index (χ3n) is 5.93. The number of rotatable bonds is 9. The lowest BCUT2D eigenvalue weighted by atomic mass is 9.99. The van der Waals surface area contributed by atoms with Crippen LogP contribution in [0.25, 0.3) is 11.1 Å². The van der Waals surface area contributed by atoms with Crippen molar-refractivity contribution < 1.29 is 28.5 Å². The highest BCUT2D eigenvalue weighted by Gasteiger charge is 2.52. The van der Waals surface area contributed by atoms with Crippen LogP contribution >= 0.6 is 0 Å². The van der Waals surface area contributed by atoms with Crippen molar-refractivity contribution in [2.24, 2.45) is 11.3 Å². The molecule has 0 atom stereocenters. The number of carbonyl (C=O) groups is 2. The fraction of sp³-hybridized carbons (Fsp3) is 0.440. The maximum absolute atomic E-state index is 12.6. The zero-order valence-electron chi connectivity index (χ0n) is 18.9. The molecule has 4 rings (SSSR count). The molecule has 0 saturated heterocycles. The molecule has 0 unspecified atom stereocenters. The smallest absolute Gasteiger partial charge is 0.315 e. The van der Waals surface area contributed by atoms with E-state index in [1.165, 1.54) is 0 Å². The number of carbonyl (C=O) groups excluding carboxylic acids is 2. The highest BCUT2D eigenvalue weighted by Crippen LogP contribution is 2.50. The summed E-state index contributed by atoms with van der Waals surface area (Å²) in [6.45, 7) is 5.12. The van der Waals surface area contributed by atoms with Crippen LogP contribution in [-0.4, -0.2) is 39.3 Å². The first-order chi connectivity index (χ1) is 15.4. The predicted molar refractivity (Wildman–Crippen MR) is 119 cm³/mol. The third kappa shape index (κ3) is 4.11. The van der Waals surface area contributed by atoms with Gasteiger partial charge in [-0.1, -0.05) is 19.9 Å². The zero-order chi connectivity index (χ0) is 22.9. The molecule has 1 saturated carbocycles. The molecule has 2 aromatic carbocycles. The summed E-state index contributed by atoms with van der Waals surface area (Å²) in [7, 11) is 3.13. The Bertz CT molecular complexity index is 1040. The van der Waals surface area contributed by atoms with Crippen molar-refractivity contribution in [1.82, 2.24) is 5.32 Å². The van der Waals surface area contributed by atoms with E-state index in [1.807, 2.05) is 44.2 Å². The largest absolute Gasteiger partial charge is 0.493 e. The van der Waals surface area contributed by atoms with Crippen LogP contribution in [0.1, 0.15) is 42.6 Å². The fourth-order valence-corrected chi connectivity index (χ4v) is 3.83. The first-order valence-corrected chi connectivity index (χ1v) is 10.8. The van der Waals surface area contributed by atoms with Crippen molar-refractivity contribution in [2.45, 2.75) is 33.2 Å². The lowest BCUT2D eigenvalue weighted by Gasteiger charge is -2.21. The lowest BCUT2D eigenvalue weighted by molar-refractivity contribution is -0.152. The van der Waals surface area contributed by atoms with E-state index in [-0.39, 0.29) is 24.4 Å². The van der Waals surface area contributed by atoms with Crippen LogP contribution in [0.2, 0.25) is 0 Å². The van der Waals surface area contributed by atoms with E-state index in [0.29, 0.717) is 36.0 Å². The Morgan fingerprint density at radius 1 is 1.06 bits per heavy atom. The van der Waals surface area contributed by atoms with E-state index < -0.39 is 5.41 Å². The summed E-state index contributed by atoms with van der Waals surface area (Å²) in [5.74, 6) is 1.51. The molecule has 2 aliphatic rings. The molecule has 1 N–H and O–H groups in total. The molecule has 1 amide bonds. The Morgan fingerprint density at radius 2 is 1.81 bits per heavy atom. The van der Waals surface area contributed by atoms with Gasteiger partial charge < -0.3 is 24.3 Å². The molecule has 0 radical (unpaired) electrons. The third-order valence-corrected chi connectivity index (χ3v) is 5.93. The summed E-state index contributed by atoms with van der Waals surface area (Å²) in [4.78, 5) is 24.6. The van der Waals surface area contributed by atoms with Gasteiger partial charge in [-0.2, -0.15) is 0 Å². The molecule has 1 aliphatic carbocycles. The van der Waals surface area contributed by atoms with Gasteiger partial charge >= 0.3 is 5.97 Å². The van der Waals surface area contributed by atoms with Crippen LogP contribution in [0.4, 0.5) is 0 Å². The molecular formula is C25H29NO6. The Balaban J connectivity index is 1.65. The van der Waals surface area contributed by atoms with Gasteiger partial charge in [0.25, 0.3) is 5.91 Å². The number of hydrogen-bond donors (Lipinski definition) is 1. The number of amides is 1. The summed E-state index contributed by atoms with van der Waals surface area (Å²) in [6.07, 6.45) is 1.47. The van der Waals surface area contributed by atoms with Gasteiger partial charge in [0.05, 0.1) is 20.8 Å². The molecule has 1 fully saturated rings. The molecule has 7 nitrogen and oxygen atoms in total. The van der Waals surface area contributed by atoms with Crippen LogP contribution in [-0.2, 0) is 16.1 Å². The average molecular weight is 440 g/mol. The molecule has 1 heterocycles. The minimum absolute atomic E-state index is 0.0640. The molecule has 1 aliphatic heterocycles. The van der Waals surface area contributed by atoms with Gasteiger partial charge in [-0.25, -0.2) is 0 Å². The molecule has 2 aromatic rings. The second kappa shape index (κ2) is 8.73. The van der Waals surface area contributed by atoms with E-state index >= 15 is 0 Å². The van der Waals surface area contributed by atoms with Gasteiger partial charge in [-0.3, -0.25) is 9.59 Å². The van der Waals surface area contributed by atoms with Gasteiger partial charge in [0.1, 0.15) is 12.0 Å². The van der Waals surface area contributed by atoms with E-state index in [4.69, 9.17) is 18.9 Å². The van der Waals surface area contributed by atoms with Crippen molar-refractivity contribution >= 4 is 11.9 Å². The molecule has 0 aromatic heterocycles. The second-order valence-electron chi connectivity index (χ2n) is 8.79. The molecule has 32 heavy (non-hydrogen) atoms. The summed E-state index contributed by atoms with van der Waals surface area (Å²) in [6, 6.07) is 9.41. The van der Waals surface area contributed by atoms with Crippen LogP contribution in [0.5, 0.6) is 17.2 Å². The zero-order valence-corrected chi connectivity index (χ0v) is 18.9. The number of benzene rings is 2. The molecule has 0 spiro atoms. The summed E-state index contributed by atoms with van der Waals surface area (Å²) < 4.78 is 22.8. The number of nitrogens with one attached hydrogen (secondary N) is 1. The lowest BCUT2D eigenvalue weighted by Crippen LogP contribution is -2.27. The normalized spacial score (nSPS) is 15.7. The van der Waals surface area contributed by atoms with Gasteiger partial charge in [-0.15, -0.1) is 0 Å². The first-order valence-electron chi connectivity index (χ1n) is 10.8. The average Bonchev–Trinajstić information content (AvgIpc) is 3.51. The SMILES string of the molecule is COc1ccc(-c2ccc3c(c2)CNC3=O)c(OCC2(C(=O)OCC(C)C)CC2)c1OC. The van der Waals surface area contributed by atoms with Crippen molar-refractivity contribution in [3.63, 3.8) is 0 Å². The van der Waals surface area contributed by atoms with E-state index in [1.54, 1.807) is 14.2 Å². The highest BCUT2D eigenvalue weighted by atomic mass is 16.5. The second-order valence-corrected chi connectivity index (χ2v) is 8.79. The number of esters is 1. The van der Waals surface area contributed by atoms with E-state index in [9.17, 15) is 9.59 Å². The van der Waals surface area contributed by atoms with Crippen molar-refractivity contribution in [2.75, 3.05) is 27.4 Å². The van der Waals surface area contributed by atoms with Crippen molar-refractivity contribution in [3.05, 3.63) is 41.5 Å². The number of hydrogen-bond acceptors (Lipinski definition) is 6. The van der Waals surface area contributed by atoms with Gasteiger partial charge in [-0.05, 0) is 54.2 Å². The molecule has 7 heteroatoms. The summed E-state index contributed by atoms with van der Waals surface area (Å²) >= 11 is 0. The standard InChI is InChI=1S/C25H29NO6/c1-15(2)13-31-24(28)25(9-10-25)14-32-21-18(7-8-20(29-3)22(21)30-4)16-5-6-19-17(11-16)12-26-23(19)27/h5-8,11,15H,9-10,12-14H2,1-4H3,(H,26,27). The molecule has 0 bridgehead atoms. The Labute approximate surface area is 188 Å². The first kappa shape index (κ1) is 22.0. The minimum atomic E-state index is -0.617. The van der Waals surface area contributed by atoms with Crippen LogP contribution in [0.15, 0.2) is 30.3 Å². The van der Waals surface area contributed by atoms with Gasteiger partial charge in [0, 0.05) is 17.7 Å². The number of ether oxygens (including phenoxy) is 4. The summed E-state index contributed by atoms with van der Waals surface area (Å²) in [5, 5.41) is 2.84. The van der Waals surface area contributed by atoms with Gasteiger partial charge in [0.15, 0.2) is 11.5 Å². The maximum atomic E-state index is 12.6. The van der Waals surface area contributed by atoms with E-state index in [2.05, 4.69) is 5.32 Å². The van der Waals surface area contributed by atoms with Crippen LogP contribution < -0.4 is 19.5 Å². The Hall–Kier alpha value is -3.22. The minimum Gasteiger partial charge on any atom is -0.493 e. The van der Waals surface area contributed by atoms with Crippen LogP contribution in [0, 0.1) is 11.3 Å². The summed E-state index contributed by atoms with van der Waals surface area (Å²) in [5.41, 5.74) is 2.69. The predicted octanol–water partition coefficient (Wildman–Crippen LogP) is 3.97. The number of methoxy groups -OCH3 is 2. The molecular weight excluding hydrogens is 410 g/mol.